The maximum Gasteiger partial charge on any atom is 0.355 e. The minimum absolute atomic E-state index is 0.304. The summed E-state index contributed by atoms with van der Waals surface area (Å²) in [7, 11) is 0. The molecule has 24 heavy (non-hydrogen) atoms. The first-order chi connectivity index (χ1) is 11.6. The normalized spacial score (nSPS) is 11.0. The minimum atomic E-state index is -0.923. The molecule has 0 amide bonds. The number of carboxylic acid groups (broad SMARTS) is 1. The van der Waals surface area contributed by atoms with Crippen LogP contribution in [0.2, 0.25) is 0 Å². The third kappa shape index (κ3) is 2.69. The molecule has 1 N–H and O–H groups in total. The fraction of sp³-hybridized carbons (Fsp3) is 0.211. The molecule has 0 aliphatic rings. The number of hydrogen-bond donors (Lipinski definition) is 1. The molecule has 4 nitrogen and oxygen atoms in total. The number of rotatable bonds is 5. The third-order valence-electron chi connectivity index (χ3n) is 4.20. The molecular formula is C19H19BrN2O2. The SMILES string of the molecule is CCN(CC)c1c(C(=O)O)n(-c2ccccc2)c2cc(Br)ccc12. The van der Waals surface area contributed by atoms with Crippen molar-refractivity contribution in [2.75, 3.05) is 18.0 Å². The molecule has 0 aliphatic carbocycles. The standard InChI is InChI=1S/C19H19BrN2O2/c1-3-21(4-2)17-15-11-10-13(20)12-16(15)22(18(17)19(23)24)14-8-6-5-7-9-14/h5-12H,3-4H2,1-2H3,(H,23,24). The van der Waals surface area contributed by atoms with Crippen molar-refractivity contribution in [3.05, 3.63) is 58.7 Å². The van der Waals surface area contributed by atoms with Gasteiger partial charge in [0.25, 0.3) is 0 Å². The average Bonchev–Trinajstić information content (AvgIpc) is 2.91. The Hall–Kier alpha value is -2.27. The molecule has 0 spiro atoms. The molecule has 0 aliphatic heterocycles. The highest BCUT2D eigenvalue weighted by atomic mass is 79.9. The lowest BCUT2D eigenvalue weighted by molar-refractivity contribution is 0.0689. The first-order valence-corrected chi connectivity index (χ1v) is 8.75. The van der Waals surface area contributed by atoms with Crippen molar-refractivity contribution in [2.45, 2.75) is 13.8 Å². The lowest BCUT2D eigenvalue weighted by atomic mass is 10.2. The van der Waals surface area contributed by atoms with Crippen molar-refractivity contribution in [3.8, 4) is 5.69 Å². The van der Waals surface area contributed by atoms with Crippen LogP contribution in [0.4, 0.5) is 5.69 Å². The Kier molecular flexibility index (Phi) is 4.62. The highest BCUT2D eigenvalue weighted by Crippen LogP contribution is 2.37. The van der Waals surface area contributed by atoms with Crippen molar-refractivity contribution in [1.29, 1.82) is 0 Å². The van der Waals surface area contributed by atoms with E-state index < -0.39 is 5.97 Å². The fourth-order valence-corrected chi connectivity index (χ4v) is 3.50. The summed E-state index contributed by atoms with van der Waals surface area (Å²) in [5.74, 6) is -0.923. The monoisotopic (exact) mass is 386 g/mol. The Bertz CT molecular complexity index is 883. The number of halogens is 1. The molecule has 0 bridgehead atoms. The molecule has 0 atom stereocenters. The van der Waals surface area contributed by atoms with E-state index in [-0.39, 0.29) is 0 Å². The predicted molar refractivity (Wildman–Crippen MR) is 101 cm³/mol. The van der Waals surface area contributed by atoms with Gasteiger partial charge in [0.1, 0.15) is 0 Å². The third-order valence-corrected chi connectivity index (χ3v) is 4.69. The molecule has 3 aromatic rings. The first-order valence-electron chi connectivity index (χ1n) is 7.96. The topological polar surface area (TPSA) is 45.5 Å². The van der Waals surface area contributed by atoms with Crippen molar-refractivity contribution in [3.63, 3.8) is 0 Å². The fourth-order valence-electron chi connectivity index (χ4n) is 3.15. The van der Waals surface area contributed by atoms with Crippen LogP contribution < -0.4 is 4.90 Å². The lowest BCUT2D eigenvalue weighted by Crippen LogP contribution is -2.24. The smallest absolute Gasteiger partial charge is 0.355 e. The Balaban J connectivity index is 2.47. The van der Waals surface area contributed by atoms with Gasteiger partial charge in [-0.15, -0.1) is 0 Å². The van der Waals surface area contributed by atoms with Crippen molar-refractivity contribution < 1.29 is 9.90 Å². The van der Waals surface area contributed by atoms with E-state index in [1.807, 2.05) is 66.9 Å². The van der Waals surface area contributed by atoms with Crippen LogP contribution in [-0.2, 0) is 0 Å². The van der Waals surface area contributed by atoms with Crippen molar-refractivity contribution in [1.82, 2.24) is 4.57 Å². The number of nitrogens with zero attached hydrogens (tertiary/aromatic N) is 2. The molecule has 0 saturated carbocycles. The van der Waals surface area contributed by atoms with Crippen LogP contribution in [-0.4, -0.2) is 28.7 Å². The molecule has 0 fully saturated rings. The molecule has 3 rings (SSSR count). The van der Waals surface area contributed by atoms with E-state index in [1.54, 1.807) is 0 Å². The van der Waals surface area contributed by atoms with Gasteiger partial charge >= 0.3 is 5.97 Å². The van der Waals surface area contributed by atoms with Crippen molar-refractivity contribution in [2.24, 2.45) is 0 Å². The van der Waals surface area contributed by atoms with E-state index in [1.165, 1.54) is 0 Å². The number of para-hydroxylation sites is 1. The molecule has 0 unspecified atom stereocenters. The number of anilines is 1. The summed E-state index contributed by atoms with van der Waals surface area (Å²) in [6.45, 7) is 5.58. The van der Waals surface area contributed by atoms with E-state index in [2.05, 4.69) is 20.8 Å². The Morgan fingerprint density at radius 3 is 2.38 bits per heavy atom. The number of fused-ring (bicyclic) bond motifs is 1. The van der Waals surface area contributed by atoms with Crippen LogP contribution >= 0.6 is 15.9 Å². The van der Waals surface area contributed by atoms with Gasteiger partial charge in [-0.3, -0.25) is 0 Å². The van der Waals surface area contributed by atoms with Crippen LogP contribution in [0.1, 0.15) is 24.3 Å². The van der Waals surface area contributed by atoms with Gasteiger partial charge < -0.3 is 14.6 Å². The number of hydrogen-bond acceptors (Lipinski definition) is 2. The number of aromatic carboxylic acids is 1. The van der Waals surface area contributed by atoms with Gasteiger partial charge in [0.2, 0.25) is 0 Å². The van der Waals surface area contributed by atoms with E-state index in [0.717, 1.165) is 39.8 Å². The van der Waals surface area contributed by atoms with Gasteiger partial charge in [0.15, 0.2) is 5.69 Å². The average molecular weight is 387 g/mol. The second kappa shape index (κ2) is 6.69. The Labute approximate surface area is 149 Å². The lowest BCUT2D eigenvalue weighted by Gasteiger charge is -2.21. The van der Waals surface area contributed by atoms with Gasteiger partial charge in [-0.1, -0.05) is 34.1 Å². The van der Waals surface area contributed by atoms with Crippen LogP contribution in [0.3, 0.4) is 0 Å². The summed E-state index contributed by atoms with van der Waals surface area (Å²) in [4.78, 5) is 14.2. The van der Waals surface area contributed by atoms with Crippen molar-refractivity contribution >= 4 is 38.5 Å². The van der Waals surface area contributed by atoms with Crippen LogP contribution in [0.5, 0.6) is 0 Å². The van der Waals surface area contributed by atoms with E-state index in [9.17, 15) is 9.90 Å². The molecule has 5 heteroatoms. The number of carboxylic acids is 1. The van der Waals surface area contributed by atoms with Gasteiger partial charge in [-0.2, -0.15) is 0 Å². The minimum Gasteiger partial charge on any atom is -0.476 e. The molecule has 0 saturated heterocycles. The zero-order valence-corrected chi connectivity index (χ0v) is 15.2. The second-order valence-electron chi connectivity index (χ2n) is 5.51. The first kappa shape index (κ1) is 16.6. The maximum absolute atomic E-state index is 12.1. The van der Waals surface area contributed by atoms with Crippen LogP contribution in [0.25, 0.3) is 16.6 Å². The number of carbonyl (C=O) groups is 1. The number of aromatic nitrogens is 1. The van der Waals surface area contributed by atoms with Crippen LogP contribution in [0.15, 0.2) is 53.0 Å². The Morgan fingerprint density at radius 1 is 1.12 bits per heavy atom. The Morgan fingerprint density at radius 2 is 1.79 bits per heavy atom. The summed E-state index contributed by atoms with van der Waals surface area (Å²) in [6, 6.07) is 15.5. The second-order valence-corrected chi connectivity index (χ2v) is 6.42. The molecule has 0 radical (unpaired) electrons. The number of benzene rings is 2. The van der Waals surface area contributed by atoms with Gasteiger partial charge in [-0.25, -0.2) is 4.79 Å². The molecule has 2 aromatic carbocycles. The quantitative estimate of drug-likeness (QED) is 0.675. The summed E-state index contributed by atoms with van der Waals surface area (Å²) < 4.78 is 2.75. The zero-order valence-electron chi connectivity index (χ0n) is 13.7. The zero-order chi connectivity index (χ0) is 17.3. The molecule has 1 aromatic heterocycles. The van der Waals surface area contributed by atoms with E-state index >= 15 is 0 Å². The highest BCUT2D eigenvalue weighted by Gasteiger charge is 2.26. The van der Waals surface area contributed by atoms with Gasteiger partial charge in [0, 0.05) is 28.6 Å². The van der Waals surface area contributed by atoms with E-state index in [4.69, 9.17) is 0 Å². The summed E-state index contributed by atoms with van der Waals surface area (Å²) >= 11 is 3.51. The largest absolute Gasteiger partial charge is 0.476 e. The van der Waals surface area contributed by atoms with Gasteiger partial charge in [-0.05, 0) is 44.2 Å². The molecular weight excluding hydrogens is 368 g/mol. The summed E-state index contributed by atoms with van der Waals surface area (Å²) in [5.41, 5.74) is 2.81. The van der Waals surface area contributed by atoms with Crippen LogP contribution in [0, 0.1) is 0 Å². The predicted octanol–water partition coefficient (Wildman–Crippen LogP) is 4.94. The van der Waals surface area contributed by atoms with E-state index in [0.29, 0.717) is 5.69 Å². The maximum atomic E-state index is 12.1. The molecule has 124 valence electrons. The highest BCUT2D eigenvalue weighted by molar-refractivity contribution is 9.10. The summed E-state index contributed by atoms with van der Waals surface area (Å²) in [6.07, 6.45) is 0. The van der Waals surface area contributed by atoms with Gasteiger partial charge in [0.05, 0.1) is 11.2 Å². The summed E-state index contributed by atoms with van der Waals surface area (Å²) in [5, 5.41) is 10.9. The molecule has 1 heterocycles.